The van der Waals surface area contributed by atoms with Gasteiger partial charge in [0.25, 0.3) is 0 Å². The van der Waals surface area contributed by atoms with Gasteiger partial charge in [-0.05, 0) is 36.4 Å². The predicted molar refractivity (Wildman–Crippen MR) is 102 cm³/mol. The standard InChI is InChI=1S/C20H17ClO8/c1-26-19(24)12-3-6-14(7-4-12)28-11-15(10-23)29-16-8-5-13(9-22)17(18(16)21)20(25)27-2/h3-10,15H,11H2,1-2H3. The van der Waals surface area contributed by atoms with Crippen LogP contribution in [0.2, 0.25) is 5.02 Å². The summed E-state index contributed by atoms with van der Waals surface area (Å²) in [4.78, 5) is 45.8. The van der Waals surface area contributed by atoms with Crippen LogP contribution in [0.5, 0.6) is 11.5 Å². The lowest BCUT2D eigenvalue weighted by Crippen LogP contribution is -2.26. The van der Waals surface area contributed by atoms with E-state index in [0.717, 1.165) is 7.11 Å². The number of rotatable bonds is 9. The van der Waals surface area contributed by atoms with E-state index in [1.807, 2.05) is 0 Å². The molecule has 0 aromatic heterocycles. The highest BCUT2D eigenvalue weighted by molar-refractivity contribution is 6.35. The molecular formula is C20H17ClO8. The van der Waals surface area contributed by atoms with Crippen molar-refractivity contribution in [3.8, 4) is 11.5 Å². The van der Waals surface area contributed by atoms with Crippen molar-refractivity contribution in [3.63, 3.8) is 0 Å². The molecule has 0 spiro atoms. The number of benzene rings is 2. The van der Waals surface area contributed by atoms with Gasteiger partial charge in [-0.15, -0.1) is 0 Å². The Morgan fingerprint density at radius 3 is 2.21 bits per heavy atom. The number of carbonyl (C=O) groups excluding carboxylic acids is 4. The fourth-order valence-corrected chi connectivity index (χ4v) is 2.61. The van der Waals surface area contributed by atoms with E-state index < -0.39 is 18.0 Å². The first-order valence-corrected chi connectivity index (χ1v) is 8.62. The lowest BCUT2D eigenvalue weighted by Gasteiger charge is -2.17. The molecule has 0 heterocycles. The van der Waals surface area contributed by atoms with Crippen LogP contribution in [0.25, 0.3) is 0 Å². The Kier molecular flexibility index (Phi) is 7.73. The Labute approximate surface area is 171 Å². The molecule has 0 N–H and O–H groups in total. The second kappa shape index (κ2) is 10.2. The molecule has 2 aromatic carbocycles. The molecule has 0 saturated heterocycles. The maximum atomic E-state index is 11.9. The van der Waals surface area contributed by atoms with E-state index in [1.165, 1.54) is 43.5 Å². The Balaban J connectivity index is 2.12. The fraction of sp³-hybridized carbons (Fsp3) is 0.200. The van der Waals surface area contributed by atoms with Crippen LogP contribution in [0.1, 0.15) is 31.1 Å². The largest absolute Gasteiger partial charge is 0.489 e. The summed E-state index contributed by atoms with van der Waals surface area (Å²) in [5, 5.41) is -0.157. The first-order chi connectivity index (χ1) is 13.9. The van der Waals surface area contributed by atoms with Crippen molar-refractivity contribution in [2.75, 3.05) is 20.8 Å². The van der Waals surface area contributed by atoms with E-state index in [2.05, 4.69) is 9.47 Å². The van der Waals surface area contributed by atoms with Gasteiger partial charge in [0.05, 0.1) is 30.4 Å². The summed E-state index contributed by atoms with van der Waals surface area (Å²) in [7, 11) is 2.42. The summed E-state index contributed by atoms with van der Waals surface area (Å²) in [6.07, 6.45) is -0.0921. The van der Waals surface area contributed by atoms with Gasteiger partial charge < -0.3 is 18.9 Å². The average molecular weight is 421 g/mol. The number of hydrogen-bond acceptors (Lipinski definition) is 8. The zero-order valence-corrected chi connectivity index (χ0v) is 16.3. The van der Waals surface area contributed by atoms with Crippen LogP contribution in [-0.4, -0.2) is 51.4 Å². The third-order valence-corrected chi connectivity index (χ3v) is 4.15. The van der Waals surface area contributed by atoms with Gasteiger partial charge in [-0.25, -0.2) is 9.59 Å². The molecular weight excluding hydrogens is 404 g/mol. The van der Waals surface area contributed by atoms with Gasteiger partial charge in [-0.1, -0.05) is 11.6 Å². The highest BCUT2D eigenvalue weighted by Crippen LogP contribution is 2.31. The molecule has 0 aliphatic rings. The first-order valence-electron chi connectivity index (χ1n) is 8.24. The van der Waals surface area contributed by atoms with Gasteiger partial charge in [0, 0.05) is 5.56 Å². The minimum Gasteiger partial charge on any atom is -0.489 e. The van der Waals surface area contributed by atoms with Gasteiger partial charge >= 0.3 is 11.9 Å². The van der Waals surface area contributed by atoms with Gasteiger partial charge in [0.1, 0.15) is 18.1 Å². The van der Waals surface area contributed by atoms with E-state index in [4.69, 9.17) is 21.1 Å². The van der Waals surface area contributed by atoms with Crippen LogP contribution in [-0.2, 0) is 14.3 Å². The molecule has 2 rings (SSSR count). The molecule has 152 valence electrons. The summed E-state index contributed by atoms with van der Waals surface area (Å²) in [5.41, 5.74) is 0.213. The molecule has 1 atom stereocenters. The quantitative estimate of drug-likeness (QED) is 0.450. The van der Waals surface area contributed by atoms with E-state index in [1.54, 1.807) is 0 Å². The number of carbonyl (C=O) groups is 4. The van der Waals surface area contributed by atoms with E-state index in [0.29, 0.717) is 23.9 Å². The second-order valence-corrected chi connectivity index (χ2v) is 5.95. The molecule has 0 saturated carbocycles. The number of halogens is 1. The molecule has 0 aliphatic heterocycles. The minimum atomic E-state index is -1.06. The lowest BCUT2D eigenvalue weighted by molar-refractivity contribution is -0.114. The monoisotopic (exact) mass is 420 g/mol. The summed E-state index contributed by atoms with van der Waals surface area (Å²) in [6.45, 7) is -0.166. The van der Waals surface area contributed by atoms with Crippen LogP contribution in [0.3, 0.4) is 0 Å². The molecule has 1 unspecified atom stereocenters. The van der Waals surface area contributed by atoms with Crippen LogP contribution < -0.4 is 9.47 Å². The minimum absolute atomic E-state index is 0.0133. The molecule has 9 heteroatoms. The van der Waals surface area contributed by atoms with E-state index >= 15 is 0 Å². The Morgan fingerprint density at radius 2 is 1.66 bits per heavy atom. The van der Waals surface area contributed by atoms with Gasteiger partial charge in [0.15, 0.2) is 18.7 Å². The van der Waals surface area contributed by atoms with Gasteiger partial charge in [0.2, 0.25) is 0 Å². The topological polar surface area (TPSA) is 105 Å². The normalized spacial score (nSPS) is 11.1. The smallest absolute Gasteiger partial charge is 0.340 e. The van der Waals surface area contributed by atoms with Crippen molar-refractivity contribution in [1.82, 2.24) is 0 Å². The molecule has 0 amide bonds. The molecule has 2 aromatic rings. The van der Waals surface area contributed by atoms with Crippen molar-refractivity contribution in [2.45, 2.75) is 6.10 Å². The second-order valence-electron chi connectivity index (χ2n) is 5.57. The molecule has 0 aliphatic carbocycles. The number of esters is 2. The van der Waals surface area contributed by atoms with Crippen molar-refractivity contribution in [2.24, 2.45) is 0 Å². The highest BCUT2D eigenvalue weighted by Gasteiger charge is 2.22. The number of aldehydes is 2. The van der Waals surface area contributed by atoms with E-state index in [9.17, 15) is 19.2 Å². The fourth-order valence-electron chi connectivity index (χ4n) is 2.32. The van der Waals surface area contributed by atoms with Crippen molar-refractivity contribution >= 4 is 36.1 Å². The molecule has 0 radical (unpaired) electrons. The maximum Gasteiger partial charge on any atom is 0.340 e. The maximum absolute atomic E-state index is 11.9. The highest BCUT2D eigenvalue weighted by atomic mass is 35.5. The van der Waals surface area contributed by atoms with Gasteiger partial charge in [-0.3, -0.25) is 9.59 Å². The summed E-state index contributed by atoms with van der Waals surface area (Å²) >= 11 is 6.16. The Hall–Kier alpha value is -3.39. The number of hydrogen-bond donors (Lipinski definition) is 0. The first kappa shape index (κ1) is 21.9. The summed E-state index contributed by atoms with van der Waals surface area (Å²) in [5.74, 6) is -0.891. The van der Waals surface area contributed by atoms with Crippen molar-refractivity contribution < 1.29 is 38.1 Å². The van der Waals surface area contributed by atoms with Crippen LogP contribution in [0, 0.1) is 0 Å². The zero-order chi connectivity index (χ0) is 21.4. The van der Waals surface area contributed by atoms with Crippen LogP contribution >= 0.6 is 11.6 Å². The average Bonchev–Trinajstić information content (AvgIpc) is 2.76. The molecule has 0 fully saturated rings. The summed E-state index contributed by atoms with van der Waals surface area (Å²) in [6, 6.07) is 8.78. The Bertz CT molecular complexity index is 907. The SMILES string of the molecule is COC(=O)c1ccc(OCC(C=O)Oc2ccc(C=O)c(C(=O)OC)c2Cl)cc1. The summed E-state index contributed by atoms with van der Waals surface area (Å²) < 4.78 is 20.2. The van der Waals surface area contributed by atoms with Crippen LogP contribution in [0.4, 0.5) is 0 Å². The lowest BCUT2D eigenvalue weighted by atomic mass is 10.1. The number of ether oxygens (including phenoxy) is 4. The molecule has 29 heavy (non-hydrogen) atoms. The zero-order valence-electron chi connectivity index (χ0n) is 15.5. The van der Waals surface area contributed by atoms with E-state index in [-0.39, 0.29) is 28.5 Å². The number of methoxy groups -OCH3 is 2. The van der Waals surface area contributed by atoms with Crippen LogP contribution in [0.15, 0.2) is 36.4 Å². The Morgan fingerprint density at radius 1 is 1.00 bits per heavy atom. The predicted octanol–water partition coefficient (Wildman–Crippen LogP) is 2.75. The third-order valence-electron chi connectivity index (χ3n) is 3.78. The van der Waals surface area contributed by atoms with Gasteiger partial charge in [-0.2, -0.15) is 0 Å². The molecule has 0 bridgehead atoms. The molecule has 8 nitrogen and oxygen atoms in total. The third kappa shape index (κ3) is 5.32. The van der Waals surface area contributed by atoms with Crippen molar-refractivity contribution in [3.05, 3.63) is 58.1 Å². The van der Waals surface area contributed by atoms with Crippen molar-refractivity contribution in [1.29, 1.82) is 0 Å².